The molecule has 0 unspecified atom stereocenters. The maximum atomic E-state index is 11.6. The summed E-state index contributed by atoms with van der Waals surface area (Å²) in [5.74, 6) is -1.34. The van der Waals surface area contributed by atoms with E-state index in [9.17, 15) is 9.59 Å². The molecule has 0 aliphatic carbocycles. The molecule has 0 fully saturated rings. The number of nitrogens with one attached hydrogen (secondary N) is 2. The third-order valence-electron chi connectivity index (χ3n) is 2.81. The van der Waals surface area contributed by atoms with Gasteiger partial charge in [-0.1, -0.05) is 32.9 Å². The van der Waals surface area contributed by atoms with Gasteiger partial charge >= 0.3 is 11.8 Å². The molecule has 0 heterocycles. The number of benzene rings is 1. The molecule has 2 amide bonds. The number of methoxy groups -OCH3 is 1. The quantitative estimate of drug-likeness (QED) is 0.650. The first-order chi connectivity index (χ1) is 9.34. The fourth-order valence-corrected chi connectivity index (χ4v) is 1.59. The largest absolute Gasteiger partial charge is 0.383 e. The van der Waals surface area contributed by atoms with Gasteiger partial charge in [-0.05, 0) is 23.1 Å². The molecule has 0 aliphatic rings. The van der Waals surface area contributed by atoms with Crippen molar-refractivity contribution in [3.8, 4) is 0 Å². The highest BCUT2D eigenvalue weighted by atomic mass is 16.5. The van der Waals surface area contributed by atoms with Crippen molar-refractivity contribution in [2.75, 3.05) is 25.6 Å². The van der Waals surface area contributed by atoms with Crippen LogP contribution in [0.25, 0.3) is 0 Å². The fraction of sp³-hybridized carbons (Fsp3) is 0.467. The lowest BCUT2D eigenvalue weighted by molar-refractivity contribution is -0.136. The van der Waals surface area contributed by atoms with Gasteiger partial charge in [-0.2, -0.15) is 0 Å². The number of anilines is 1. The zero-order chi connectivity index (χ0) is 15.2. The van der Waals surface area contributed by atoms with Gasteiger partial charge in [0.05, 0.1) is 6.61 Å². The van der Waals surface area contributed by atoms with Crippen LogP contribution >= 0.6 is 0 Å². The van der Waals surface area contributed by atoms with E-state index in [1.54, 1.807) is 12.1 Å². The van der Waals surface area contributed by atoms with Crippen LogP contribution in [0.5, 0.6) is 0 Å². The first-order valence-electron chi connectivity index (χ1n) is 6.53. The Morgan fingerprint density at radius 3 is 2.20 bits per heavy atom. The Labute approximate surface area is 119 Å². The zero-order valence-corrected chi connectivity index (χ0v) is 12.4. The summed E-state index contributed by atoms with van der Waals surface area (Å²) < 4.78 is 4.79. The van der Waals surface area contributed by atoms with Crippen molar-refractivity contribution in [3.63, 3.8) is 0 Å². The van der Waals surface area contributed by atoms with Crippen molar-refractivity contribution in [3.05, 3.63) is 29.8 Å². The molecule has 1 rings (SSSR count). The molecule has 0 aliphatic heterocycles. The van der Waals surface area contributed by atoms with E-state index < -0.39 is 11.8 Å². The summed E-state index contributed by atoms with van der Waals surface area (Å²) in [4.78, 5) is 23.1. The Balaban J connectivity index is 2.56. The monoisotopic (exact) mass is 278 g/mol. The molecule has 1 aromatic rings. The minimum atomic E-state index is -0.676. The average Bonchev–Trinajstić information content (AvgIpc) is 2.38. The Morgan fingerprint density at radius 2 is 1.70 bits per heavy atom. The maximum absolute atomic E-state index is 11.6. The molecular formula is C15H22N2O3. The number of carbonyl (C=O) groups excluding carboxylic acids is 2. The summed E-state index contributed by atoms with van der Waals surface area (Å²) in [7, 11) is 1.53. The minimum absolute atomic E-state index is 0.0556. The average molecular weight is 278 g/mol. The van der Waals surface area contributed by atoms with Crippen LogP contribution in [-0.4, -0.2) is 32.1 Å². The first-order valence-corrected chi connectivity index (χ1v) is 6.53. The first kappa shape index (κ1) is 16.2. The fourth-order valence-electron chi connectivity index (χ4n) is 1.59. The highest BCUT2D eigenvalue weighted by Crippen LogP contribution is 2.23. The van der Waals surface area contributed by atoms with Gasteiger partial charge in [0, 0.05) is 19.3 Å². The lowest BCUT2D eigenvalue weighted by atomic mass is 9.87. The van der Waals surface area contributed by atoms with Gasteiger partial charge < -0.3 is 15.4 Å². The van der Waals surface area contributed by atoms with E-state index >= 15 is 0 Å². The summed E-state index contributed by atoms with van der Waals surface area (Å²) in [5, 5.41) is 5.02. The summed E-state index contributed by atoms with van der Waals surface area (Å²) in [6.07, 6.45) is 0. The minimum Gasteiger partial charge on any atom is -0.383 e. The van der Waals surface area contributed by atoms with Gasteiger partial charge in [0.2, 0.25) is 0 Å². The molecule has 1 aromatic carbocycles. The molecule has 0 spiro atoms. The summed E-state index contributed by atoms with van der Waals surface area (Å²) >= 11 is 0. The van der Waals surface area contributed by atoms with Crippen molar-refractivity contribution in [1.82, 2.24) is 5.32 Å². The molecule has 0 bridgehead atoms. The summed E-state index contributed by atoms with van der Waals surface area (Å²) in [5.41, 5.74) is 1.82. The van der Waals surface area contributed by atoms with Gasteiger partial charge in [0.15, 0.2) is 0 Å². The molecule has 0 atom stereocenters. The van der Waals surface area contributed by atoms with Crippen LogP contribution in [0.15, 0.2) is 24.3 Å². The van der Waals surface area contributed by atoms with Crippen LogP contribution < -0.4 is 10.6 Å². The van der Waals surface area contributed by atoms with E-state index in [4.69, 9.17) is 4.74 Å². The molecule has 0 radical (unpaired) electrons. The number of hydrogen-bond acceptors (Lipinski definition) is 3. The molecule has 0 saturated carbocycles. The third-order valence-corrected chi connectivity index (χ3v) is 2.81. The number of carbonyl (C=O) groups is 2. The van der Waals surface area contributed by atoms with Crippen LogP contribution in [0.2, 0.25) is 0 Å². The van der Waals surface area contributed by atoms with Gasteiger partial charge in [-0.25, -0.2) is 0 Å². The summed E-state index contributed by atoms with van der Waals surface area (Å²) in [6, 6.07) is 7.47. The number of hydrogen-bond donors (Lipinski definition) is 2. The van der Waals surface area contributed by atoms with Gasteiger partial charge in [-0.3, -0.25) is 9.59 Å². The summed E-state index contributed by atoms with van der Waals surface area (Å²) in [6.45, 7) is 7.03. The molecule has 5 nitrogen and oxygen atoms in total. The highest BCUT2D eigenvalue weighted by Gasteiger charge is 2.15. The predicted molar refractivity (Wildman–Crippen MR) is 78.7 cm³/mol. The van der Waals surface area contributed by atoms with E-state index in [1.807, 2.05) is 12.1 Å². The van der Waals surface area contributed by atoms with Crippen LogP contribution in [0.1, 0.15) is 26.3 Å². The Morgan fingerprint density at radius 1 is 1.10 bits per heavy atom. The lowest BCUT2D eigenvalue weighted by Crippen LogP contribution is -2.37. The molecule has 0 aromatic heterocycles. The highest BCUT2D eigenvalue weighted by molar-refractivity contribution is 6.39. The van der Waals surface area contributed by atoms with Crippen LogP contribution in [-0.2, 0) is 19.7 Å². The van der Waals surface area contributed by atoms with E-state index in [0.29, 0.717) is 18.8 Å². The third kappa shape index (κ3) is 5.01. The van der Waals surface area contributed by atoms with E-state index in [-0.39, 0.29) is 5.41 Å². The number of ether oxygens (including phenoxy) is 1. The van der Waals surface area contributed by atoms with Gasteiger partial charge in [-0.15, -0.1) is 0 Å². The van der Waals surface area contributed by atoms with Crippen molar-refractivity contribution >= 4 is 17.5 Å². The standard InChI is InChI=1S/C15H22N2O3/c1-15(2,3)11-5-7-12(8-6-11)17-14(19)13(18)16-9-10-20-4/h5-8H,9-10H2,1-4H3,(H,16,18)(H,17,19). The number of amides is 2. The Bertz CT molecular complexity index is 461. The lowest BCUT2D eigenvalue weighted by Gasteiger charge is -2.19. The zero-order valence-electron chi connectivity index (χ0n) is 12.4. The smallest absolute Gasteiger partial charge is 0.313 e. The second-order valence-electron chi connectivity index (χ2n) is 5.53. The molecule has 0 saturated heterocycles. The van der Waals surface area contributed by atoms with Crippen LogP contribution in [0.3, 0.4) is 0 Å². The van der Waals surface area contributed by atoms with Crippen LogP contribution in [0, 0.1) is 0 Å². The van der Waals surface area contributed by atoms with E-state index in [2.05, 4.69) is 31.4 Å². The maximum Gasteiger partial charge on any atom is 0.313 e. The number of rotatable bonds is 4. The SMILES string of the molecule is COCCNC(=O)C(=O)Nc1ccc(C(C)(C)C)cc1. The van der Waals surface area contributed by atoms with Crippen molar-refractivity contribution < 1.29 is 14.3 Å². The molecule has 2 N–H and O–H groups in total. The normalized spacial score (nSPS) is 11.0. The van der Waals surface area contributed by atoms with Gasteiger partial charge in [0.1, 0.15) is 0 Å². The van der Waals surface area contributed by atoms with Crippen molar-refractivity contribution in [2.24, 2.45) is 0 Å². The van der Waals surface area contributed by atoms with Gasteiger partial charge in [0.25, 0.3) is 0 Å². The van der Waals surface area contributed by atoms with Crippen molar-refractivity contribution in [2.45, 2.75) is 26.2 Å². The topological polar surface area (TPSA) is 67.4 Å². The molecule has 5 heteroatoms. The molecule has 20 heavy (non-hydrogen) atoms. The predicted octanol–water partition coefficient (Wildman–Crippen LogP) is 1.69. The molecular weight excluding hydrogens is 256 g/mol. The second kappa shape index (κ2) is 7.05. The Kier molecular flexibility index (Phi) is 5.70. The second-order valence-corrected chi connectivity index (χ2v) is 5.53. The van der Waals surface area contributed by atoms with Crippen LogP contribution in [0.4, 0.5) is 5.69 Å². The van der Waals surface area contributed by atoms with E-state index in [1.165, 1.54) is 12.7 Å². The van der Waals surface area contributed by atoms with Crippen molar-refractivity contribution in [1.29, 1.82) is 0 Å². The Hall–Kier alpha value is -1.88. The van der Waals surface area contributed by atoms with E-state index in [0.717, 1.165) is 0 Å². The molecule has 110 valence electrons.